The number of aliphatic hydroxyl groups excluding tert-OH is 1. The quantitative estimate of drug-likeness (QED) is 0.637. The second-order valence-electron chi connectivity index (χ2n) is 1.98. The molecule has 0 spiro atoms. The predicted octanol–water partition coefficient (Wildman–Crippen LogP) is 0.920. The van der Waals surface area contributed by atoms with E-state index in [1.165, 1.54) is 0 Å². The Morgan fingerprint density at radius 3 is 2.20 bits per heavy atom. The summed E-state index contributed by atoms with van der Waals surface area (Å²) < 4.78 is 0.479. The van der Waals surface area contributed by atoms with Crippen molar-refractivity contribution < 1.29 is 5.11 Å². The maximum Gasteiger partial charge on any atom is 0.102 e. The van der Waals surface area contributed by atoms with Crippen LogP contribution in [0.5, 0.6) is 0 Å². The Morgan fingerprint density at radius 1 is 1.40 bits per heavy atom. The average Bonchev–Trinajstić information content (AvgIpc) is 1.91. The van der Waals surface area contributed by atoms with E-state index >= 15 is 0 Å². The van der Waals surface area contributed by atoms with E-state index in [1.807, 2.05) is 7.05 Å². The molecule has 62 valence electrons. The van der Waals surface area contributed by atoms with Gasteiger partial charge in [-0.3, -0.25) is 4.90 Å². The van der Waals surface area contributed by atoms with Crippen LogP contribution in [0.3, 0.4) is 0 Å². The van der Waals surface area contributed by atoms with Gasteiger partial charge in [0.25, 0.3) is 0 Å². The zero-order chi connectivity index (χ0) is 7.98. The Kier molecular flexibility index (Phi) is 6.73. The molecule has 0 atom stereocenters. The SMILES string of the molecule is CSC(SC)N(C)CCO. The molecule has 0 saturated carbocycles. The van der Waals surface area contributed by atoms with Crippen LogP contribution in [0.25, 0.3) is 0 Å². The van der Waals surface area contributed by atoms with Gasteiger partial charge < -0.3 is 5.11 Å². The Bertz CT molecular complexity index is 78.1. The van der Waals surface area contributed by atoms with Crippen LogP contribution in [0.15, 0.2) is 0 Å². The lowest BCUT2D eigenvalue weighted by Gasteiger charge is -2.23. The lowest BCUT2D eigenvalue weighted by Crippen LogP contribution is -2.28. The van der Waals surface area contributed by atoms with Gasteiger partial charge in [-0.2, -0.15) is 0 Å². The maximum absolute atomic E-state index is 8.62. The molecule has 4 heteroatoms. The molecule has 0 fully saturated rings. The van der Waals surface area contributed by atoms with Crippen LogP contribution in [0, 0.1) is 0 Å². The van der Waals surface area contributed by atoms with Gasteiger partial charge in [-0.1, -0.05) is 0 Å². The van der Waals surface area contributed by atoms with Gasteiger partial charge in [0.05, 0.1) is 6.61 Å². The van der Waals surface area contributed by atoms with E-state index in [2.05, 4.69) is 17.4 Å². The monoisotopic (exact) mass is 181 g/mol. The summed E-state index contributed by atoms with van der Waals surface area (Å²) in [5.41, 5.74) is 0. The van der Waals surface area contributed by atoms with E-state index < -0.39 is 0 Å². The molecule has 0 aromatic carbocycles. The molecule has 10 heavy (non-hydrogen) atoms. The summed E-state index contributed by atoms with van der Waals surface area (Å²) in [7, 11) is 2.02. The molecule has 0 aromatic heterocycles. The summed E-state index contributed by atoms with van der Waals surface area (Å²) in [5, 5.41) is 8.62. The molecule has 0 aliphatic carbocycles. The largest absolute Gasteiger partial charge is 0.395 e. The molecule has 0 unspecified atom stereocenters. The minimum Gasteiger partial charge on any atom is -0.395 e. The summed E-state index contributed by atoms with van der Waals surface area (Å²) in [6, 6.07) is 0. The molecular weight excluding hydrogens is 166 g/mol. The molecule has 1 N–H and O–H groups in total. The van der Waals surface area contributed by atoms with Crippen molar-refractivity contribution in [2.45, 2.75) is 4.71 Å². The number of likely N-dealkylation sites (N-methyl/N-ethyl adjacent to an activating group) is 1. The standard InChI is InChI=1S/C6H15NOS2/c1-7(4-5-8)6(9-2)10-3/h6,8H,4-5H2,1-3H3. The second-order valence-corrected chi connectivity index (χ2v) is 4.12. The minimum absolute atomic E-state index is 0.244. The van der Waals surface area contributed by atoms with Crippen LogP contribution < -0.4 is 0 Å². The molecule has 2 nitrogen and oxygen atoms in total. The second kappa shape index (κ2) is 6.34. The highest BCUT2D eigenvalue weighted by Crippen LogP contribution is 2.20. The van der Waals surface area contributed by atoms with Crippen molar-refractivity contribution in [3.63, 3.8) is 0 Å². The first-order chi connectivity index (χ1) is 4.76. The number of rotatable bonds is 5. The Balaban J connectivity index is 3.53. The smallest absolute Gasteiger partial charge is 0.102 e. The van der Waals surface area contributed by atoms with Crippen LogP contribution in [-0.2, 0) is 0 Å². The van der Waals surface area contributed by atoms with E-state index in [9.17, 15) is 0 Å². The highest BCUT2D eigenvalue weighted by Gasteiger charge is 2.09. The zero-order valence-electron chi connectivity index (χ0n) is 6.70. The molecule has 0 aliphatic heterocycles. The normalized spacial score (nSPS) is 11.4. The first-order valence-electron chi connectivity index (χ1n) is 3.13. The van der Waals surface area contributed by atoms with Crippen molar-refractivity contribution in [2.75, 3.05) is 32.7 Å². The molecular formula is C6H15NOS2. The summed E-state index contributed by atoms with van der Waals surface area (Å²) in [6.45, 7) is 1.00. The average molecular weight is 181 g/mol. The predicted molar refractivity (Wildman–Crippen MR) is 50.5 cm³/mol. The van der Waals surface area contributed by atoms with Gasteiger partial charge in [-0.25, -0.2) is 0 Å². The summed E-state index contributed by atoms with van der Waals surface area (Å²) in [4.78, 5) is 2.13. The van der Waals surface area contributed by atoms with Crippen LogP contribution in [0.2, 0.25) is 0 Å². The summed E-state index contributed by atoms with van der Waals surface area (Å²) in [5.74, 6) is 0. The van der Waals surface area contributed by atoms with Gasteiger partial charge >= 0.3 is 0 Å². The van der Waals surface area contributed by atoms with Crippen LogP contribution in [0.1, 0.15) is 0 Å². The topological polar surface area (TPSA) is 23.5 Å². The fourth-order valence-electron chi connectivity index (χ4n) is 0.719. The number of aliphatic hydroxyl groups is 1. The Labute approximate surface area is 71.4 Å². The minimum atomic E-state index is 0.244. The third-order valence-corrected chi connectivity index (χ3v) is 3.90. The third-order valence-electron chi connectivity index (χ3n) is 1.22. The van der Waals surface area contributed by atoms with Gasteiger partial charge in [-0.15, -0.1) is 23.5 Å². The van der Waals surface area contributed by atoms with Crippen molar-refractivity contribution in [3.8, 4) is 0 Å². The first-order valence-corrected chi connectivity index (χ1v) is 5.70. The highest BCUT2D eigenvalue weighted by molar-refractivity contribution is 8.16. The Morgan fingerprint density at radius 2 is 1.90 bits per heavy atom. The maximum atomic E-state index is 8.62. The van der Waals surface area contributed by atoms with Gasteiger partial charge in [0.15, 0.2) is 0 Å². The van der Waals surface area contributed by atoms with Crippen LogP contribution in [-0.4, -0.2) is 47.4 Å². The molecule has 0 saturated heterocycles. The van der Waals surface area contributed by atoms with E-state index in [0.29, 0.717) is 4.71 Å². The van der Waals surface area contributed by atoms with Gasteiger partial charge in [0, 0.05) is 6.54 Å². The summed E-state index contributed by atoms with van der Waals surface area (Å²) >= 11 is 3.59. The van der Waals surface area contributed by atoms with E-state index in [4.69, 9.17) is 5.11 Å². The lowest BCUT2D eigenvalue weighted by molar-refractivity contribution is 0.233. The highest BCUT2D eigenvalue weighted by atomic mass is 32.2. The molecule has 0 bridgehead atoms. The van der Waals surface area contributed by atoms with Crippen molar-refractivity contribution in [1.29, 1.82) is 0 Å². The van der Waals surface area contributed by atoms with Crippen molar-refractivity contribution in [1.82, 2.24) is 4.90 Å². The van der Waals surface area contributed by atoms with Gasteiger partial charge in [-0.05, 0) is 19.6 Å². The first kappa shape index (κ1) is 10.6. The Hall–Kier alpha value is 0.620. The molecule has 0 aliphatic rings. The molecule has 0 radical (unpaired) electrons. The number of nitrogens with zero attached hydrogens (tertiary/aromatic N) is 1. The van der Waals surface area contributed by atoms with Crippen molar-refractivity contribution in [3.05, 3.63) is 0 Å². The molecule has 0 heterocycles. The van der Waals surface area contributed by atoms with Crippen molar-refractivity contribution in [2.24, 2.45) is 0 Å². The summed E-state index contributed by atoms with van der Waals surface area (Å²) in [6.07, 6.45) is 4.16. The van der Waals surface area contributed by atoms with E-state index in [1.54, 1.807) is 23.5 Å². The number of hydrogen-bond donors (Lipinski definition) is 1. The fraction of sp³-hybridized carbons (Fsp3) is 1.00. The third kappa shape index (κ3) is 3.71. The van der Waals surface area contributed by atoms with Crippen molar-refractivity contribution >= 4 is 23.5 Å². The fourth-order valence-corrected chi connectivity index (χ4v) is 2.42. The van der Waals surface area contributed by atoms with Gasteiger partial charge in [0.2, 0.25) is 0 Å². The molecule has 0 amide bonds. The van der Waals surface area contributed by atoms with Crippen LogP contribution in [0.4, 0.5) is 0 Å². The van der Waals surface area contributed by atoms with E-state index in [0.717, 1.165) is 6.54 Å². The lowest BCUT2D eigenvalue weighted by atomic mass is 10.6. The number of hydrogen-bond acceptors (Lipinski definition) is 4. The number of thioether (sulfide) groups is 2. The van der Waals surface area contributed by atoms with E-state index in [-0.39, 0.29) is 6.61 Å². The van der Waals surface area contributed by atoms with Gasteiger partial charge in [0.1, 0.15) is 4.71 Å². The molecule has 0 rings (SSSR count). The van der Waals surface area contributed by atoms with Crippen LogP contribution >= 0.6 is 23.5 Å². The zero-order valence-corrected chi connectivity index (χ0v) is 8.34. The molecule has 0 aromatic rings.